The van der Waals surface area contributed by atoms with Crippen LogP contribution in [0.4, 0.5) is 5.69 Å². The molecule has 1 aromatic rings. The van der Waals surface area contributed by atoms with E-state index < -0.39 is 16.9 Å². The van der Waals surface area contributed by atoms with Gasteiger partial charge in [-0.1, -0.05) is 12.1 Å². The van der Waals surface area contributed by atoms with Crippen LogP contribution < -0.4 is 5.32 Å². The smallest absolute Gasteiger partial charge is 0.323 e. The van der Waals surface area contributed by atoms with Crippen molar-refractivity contribution in [2.24, 2.45) is 0 Å². The normalized spacial score (nSPS) is 12.1. The van der Waals surface area contributed by atoms with Crippen molar-refractivity contribution in [3.8, 4) is 0 Å². The number of hydrogen-bond donors (Lipinski definition) is 2. The molecule has 0 heterocycles. The molecule has 1 atom stereocenters. The van der Waals surface area contributed by atoms with Gasteiger partial charge in [0.1, 0.15) is 6.04 Å². The van der Waals surface area contributed by atoms with Crippen molar-refractivity contribution in [2.75, 3.05) is 13.7 Å². The number of nitrogens with one attached hydrogen (secondary N) is 1. The summed E-state index contributed by atoms with van der Waals surface area (Å²) in [5.41, 5.74) is 1.25. The van der Waals surface area contributed by atoms with E-state index in [1.165, 1.54) is 13.2 Å². The predicted molar refractivity (Wildman–Crippen MR) is 68.0 cm³/mol. The van der Waals surface area contributed by atoms with Gasteiger partial charge in [0.2, 0.25) is 0 Å². The summed E-state index contributed by atoms with van der Waals surface area (Å²) in [7, 11) is 1.41. The zero-order chi connectivity index (χ0) is 14.4. The minimum Gasteiger partial charge on any atom is -0.480 e. The first kappa shape index (κ1) is 15.1. The highest BCUT2D eigenvalue weighted by molar-refractivity contribution is 5.73. The van der Waals surface area contributed by atoms with E-state index in [0.29, 0.717) is 11.1 Å². The number of aliphatic carboxylic acids is 1. The summed E-state index contributed by atoms with van der Waals surface area (Å²) < 4.78 is 4.79. The van der Waals surface area contributed by atoms with Gasteiger partial charge < -0.3 is 9.84 Å². The minimum atomic E-state index is -1.02. The molecule has 7 heteroatoms. The predicted octanol–water partition coefficient (Wildman–Crippen LogP) is 1.09. The highest BCUT2D eigenvalue weighted by Crippen LogP contribution is 2.20. The Kier molecular flexibility index (Phi) is 5.40. The monoisotopic (exact) mass is 268 g/mol. The molecule has 0 spiro atoms. The summed E-state index contributed by atoms with van der Waals surface area (Å²) in [6.45, 7) is 1.90. The number of ether oxygens (including phenoxy) is 1. The average Bonchev–Trinajstić information content (AvgIpc) is 2.35. The van der Waals surface area contributed by atoms with Crippen molar-refractivity contribution in [3.63, 3.8) is 0 Å². The lowest BCUT2D eigenvalue weighted by molar-refractivity contribution is -0.385. The molecular weight excluding hydrogens is 252 g/mol. The van der Waals surface area contributed by atoms with E-state index in [1.54, 1.807) is 19.1 Å². The Morgan fingerprint density at radius 2 is 2.26 bits per heavy atom. The van der Waals surface area contributed by atoms with Crippen LogP contribution in [0.1, 0.15) is 11.1 Å². The number of hydrogen-bond acceptors (Lipinski definition) is 5. The van der Waals surface area contributed by atoms with Crippen LogP contribution in [-0.2, 0) is 16.1 Å². The first-order chi connectivity index (χ1) is 8.97. The number of carboxylic acids is 1. The summed E-state index contributed by atoms with van der Waals surface area (Å²) in [6, 6.07) is 3.88. The van der Waals surface area contributed by atoms with Crippen LogP contribution in [0.25, 0.3) is 0 Å². The second-order valence-electron chi connectivity index (χ2n) is 4.05. The fourth-order valence-corrected chi connectivity index (χ4v) is 1.68. The number of methoxy groups -OCH3 is 1. The van der Waals surface area contributed by atoms with E-state index >= 15 is 0 Å². The molecule has 1 aromatic carbocycles. The topological polar surface area (TPSA) is 102 Å². The third-order valence-electron chi connectivity index (χ3n) is 2.78. The van der Waals surface area contributed by atoms with Gasteiger partial charge in [0.25, 0.3) is 5.69 Å². The van der Waals surface area contributed by atoms with Gasteiger partial charge in [-0.05, 0) is 12.5 Å². The van der Waals surface area contributed by atoms with Crippen LogP contribution in [0.3, 0.4) is 0 Å². The summed E-state index contributed by atoms with van der Waals surface area (Å²) >= 11 is 0. The molecule has 1 rings (SSSR count). The fourth-order valence-electron chi connectivity index (χ4n) is 1.68. The molecule has 0 aromatic heterocycles. The molecule has 0 saturated carbocycles. The van der Waals surface area contributed by atoms with E-state index in [1.807, 2.05) is 0 Å². The summed E-state index contributed by atoms with van der Waals surface area (Å²) in [5, 5.41) is 22.5. The molecule has 7 nitrogen and oxygen atoms in total. The van der Waals surface area contributed by atoms with E-state index in [4.69, 9.17) is 9.84 Å². The van der Waals surface area contributed by atoms with Crippen LogP contribution in [0.5, 0.6) is 0 Å². The number of carboxylic acid groups (broad SMARTS) is 1. The van der Waals surface area contributed by atoms with Crippen LogP contribution in [0.2, 0.25) is 0 Å². The Morgan fingerprint density at radius 3 is 2.79 bits per heavy atom. The van der Waals surface area contributed by atoms with Crippen LogP contribution in [0, 0.1) is 17.0 Å². The summed E-state index contributed by atoms with van der Waals surface area (Å²) in [4.78, 5) is 21.3. The van der Waals surface area contributed by atoms with E-state index in [2.05, 4.69) is 5.32 Å². The highest BCUT2D eigenvalue weighted by Gasteiger charge is 2.18. The lowest BCUT2D eigenvalue weighted by atomic mass is 10.1. The number of benzene rings is 1. The lowest BCUT2D eigenvalue weighted by Gasteiger charge is -2.14. The first-order valence-electron chi connectivity index (χ1n) is 5.65. The highest BCUT2D eigenvalue weighted by atomic mass is 16.6. The van der Waals surface area contributed by atoms with Crippen molar-refractivity contribution < 1.29 is 19.6 Å². The molecule has 0 radical (unpaired) electrons. The molecule has 0 aliphatic heterocycles. The van der Waals surface area contributed by atoms with Gasteiger partial charge in [-0.15, -0.1) is 0 Å². The van der Waals surface area contributed by atoms with Crippen molar-refractivity contribution in [3.05, 3.63) is 39.4 Å². The summed E-state index contributed by atoms with van der Waals surface area (Å²) in [6.07, 6.45) is 0. The molecule has 0 fully saturated rings. The zero-order valence-corrected chi connectivity index (χ0v) is 10.8. The molecule has 0 bridgehead atoms. The van der Waals surface area contributed by atoms with Crippen molar-refractivity contribution in [1.29, 1.82) is 0 Å². The van der Waals surface area contributed by atoms with Crippen LogP contribution in [0.15, 0.2) is 18.2 Å². The maximum atomic E-state index is 10.9. The number of nitro groups is 1. The van der Waals surface area contributed by atoms with Gasteiger partial charge in [-0.2, -0.15) is 0 Å². The molecule has 104 valence electrons. The van der Waals surface area contributed by atoms with Gasteiger partial charge in [0.05, 0.1) is 11.5 Å². The Bertz CT molecular complexity index is 475. The number of carbonyl (C=O) groups is 1. The summed E-state index contributed by atoms with van der Waals surface area (Å²) in [5.74, 6) is -1.02. The average molecular weight is 268 g/mol. The molecule has 0 saturated heterocycles. The molecule has 0 amide bonds. The lowest BCUT2D eigenvalue weighted by Crippen LogP contribution is -2.39. The molecule has 2 N–H and O–H groups in total. The van der Waals surface area contributed by atoms with Gasteiger partial charge >= 0.3 is 5.97 Å². The fraction of sp³-hybridized carbons (Fsp3) is 0.417. The Labute approximate surface area is 110 Å². The molecule has 0 aliphatic rings. The maximum absolute atomic E-state index is 10.9. The number of nitrogens with zero attached hydrogens (tertiary/aromatic N) is 1. The minimum absolute atomic E-state index is 0.0258. The zero-order valence-electron chi connectivity index (χ0n) is 10.8. The van der Waals surface area contributed by atoms with E-state index in [-0.39, 0.29) is 18.8 Å². The van der Waals surface area contributed by atoms with Crippen LogP contribution >= 0.6 is 0 Å². The largest absolute Gasteiger partial charge is 0.480 e. The van der Waals surface area contributed by atoms with Gasteiger partial charge in [-0.3, -0.25) is 20.2 Å². The molecular formula is C12H16N2O5. The van der Waals surface area contributed by atoms with Crippen LogP contribution in [-0.4, -0.2) is 35.8 Å². The van der Waals surface area contributed by atoms with Gasteiger partial charge in [-0.25, -0.2) is 0 Å². The Hall–Kier alpha value is -1.99. The maximum Gasteiger partial charge on any atom is 0.323 e. The SMILES string of the molecule is COCC(NCc1cccc([N+](=O)[O-])c1C)C(=O)O. The quantitative estimate of drug-likeness (QED) is 0.567. The first-order valence-corrected chi connectivity index (χ1v) is 5.65. The van der Waals surface area contributed by atoms with E-state index in [0.717, 1.165) is 0 Å². The van der Waals surface area contributed by atoms with Crippen molar-refractivity contribution >= 4 is 11.7 Å². The Morgan fingerprint density at radius 1 is 1.58 bits per heavy atom. The second kappa shape index (κ2) is 6.81. The van der Waals surface area contributed by atoms with Gasteiger partial charge in [0, 0.05) is 25.3 Å². The van der Waals surface area contributed by atoms with Crippen molar-refractivity contribution in [2.45, 2.75) is 19.5 Å². The van der Waals surface area contributed by atoms with Gasteiger partial charge in [0.15, 0.2) is 0 Å². The number of rotatable bonds is 7. The molecule has 0 aliphatic carbocycles. The van der Waals surface area contributed by atoms with Crippen molar-refractivity contribution in [1.82, 2.24) is 5.32 Å². The molecule has 19 heavy (non-hydrogen) atoms. The van der Waals surface area contributed by atoms with E-state index in [9.17, 15) is 14.9 Å². The number of nitro benzene ring substituents is 1. The molecule has 1 unspecified atom stereocenters. The Balaban J connectivity index is 2.80. The third-order valence-corrected chi connectivity index (χ3v) is 2.78. The standard InChI is InChI=1S/C12H16N2O5/c1-8-9(4-3-5-11(8)14(17)18)6-13-10(7-19-2)12(15)16/h3-5,10,13H,6-7H2,1-2H3,(H,15,16). The second-order valence-corrected chi connectivity index (χ2v) is 4.05. The third kappa shape index (κ3) is 4.01.